The summed E-state index contributed by atoms with van der Waals surface area (Å²) in [6.07, 6.45) is 1.44. The highest BCUT2D eigenvalue weighted by atomic mass is 32.1. The minimum Gasteiger partial charge on any atom is -0.389 e. The number of hydrogen-bond acceptors (Lipinski definition) is 6. The molecule has 0 spiro atoms. The SMILES string of the molecule is Cc1nnsc1C(=O)N1CC[C@@]2(O)CCNC[C@H]2C1. The van der Waals surface area contributed by atoms with Crippen LogP contribution in [0.25, 0.3) is 0 Å². The first-order valence-corrected chi connectivity index (χ1v) is 7.39. The van der Waals surface area contributed by atoms with E-state index in [1.54, 1.807) is 6.92 Å². The van der Waals surface area contributed by atoms with Gasteiger partial charge in [0.15, 0.2) is 0 Å². The largest absolute Gasteiger partial charge is 0.389 e. The molecule has 2 saturated heterocycles. The molecule has 2 aliphatic heterocycles. The highest BCUT2D eigenvalue weighted by Crippen LogP contribution is 2.33. The number of carbonyl (C=O) groups excluding carboxylic acids is 1. The van der Waals surface area contributed by atoms with E-state index in [9.17, 15) is 9.90 Å². The zero-order valence-electron chi connectivity index (χ0n) is 10.9. The lowest BCUT2D eigenvalue weighted by Gasteiger charge is -2.47. The average Bonchev–Trinajstić information content (AvgIpc) is 2.83. The van der Waals surface area contributed by atoms with Crippen molar-refractivity contribution in [3.63, 3.8) is 0 Å². The third-order valence-corrected chi connectivity index (χ3v) is 5.09. The number of nitrogens with zero attached hydrogens (tertiary/aromatic N) is 3. The fraction of sp³-hybridized carbons (Fsp3) is 0.750. The van der Waals surface area contributed by atoms with E-state index in [1.807, 2.05) is 4.90 Å². The molecule has 0 unspecified atom stereocenters. The molecular weight excluding hydrogens is 264 g/mol. The molecule has 2 fully saturated rings. The molecule has 1 amide bonds. The number of nitrogens with one attached hydrogen (secondary N) is 1. The van der Waals surface area contributed by atoms with Crippen LogP contribution in [0.4, 0.5) is 0 Å². The summed E-state index contributed by atoms with van der Waals surface area (Å²) in [5.41, 5.74) is 0.0980. The summed E-state index contributed by atoms with van der Waals surface area (Å²) in [5, 5.41) is 17.8. The van der Waals surface area contributed by atoms with Crippen LogP contribution in [0.5, 0.6) is 0 Å². The quantitative estimate of drug-likeness (QED) is 0.760. The standard InChI is InChI=1S/C12H18N4O2S/c1-8-10(19-15-14-8)11(17)16-5-3-12(18)2-4-13-6-9(12)7-16/h9,13,18H,2-7H2,1H3/t9-,12-/m0/s1. The van der Waals surface area contributed by atoms with Crippen molar-refractivity contribution in [2.75, 3.05) is 26.2 Å². The van der Waals surface area contributed by atoms with E-state index in [4.69, 9.17) is 0 Å². The zero-order valence-corrected chi connectivity index (χ0v) is 11.7. The topological polar surface area (TPSA) is 78.4 Å². The number of rotatable bonds is 1. The molecule has 3 heterocycles. The van der Waals surface area contributed by atoms with Gasteiger partial charge in [0, 0.05) is 25.6 Å². The summed E-state index contributed by atoms with van der Waals surface area (Å²) in [6, 6.07) is 0. The molecule has 0 radical (unpaired) electrons. The molecule has 0 bridgehead atoms. The van der Waals surface area contributed by atoms with E-state index in [1.165, 1.54) is 0 Å². The molecule has 0 aliphatic carbocycles. The lowest BCUT2D eigenvalue weighted by molar-refractivity contribution is -0.0816. The summed E-state index contributed by atoms with van der Waals surface area (Å²) in [6.45, 7) is 4.67. The second kappa shape index (κ2) is 4.81. The van der Waals surface area contributed by atoms with Crippen molar-refractivity contribution < 1.29 is 9.90 Å². The first-order valence-electron chi connectivity index (χ1n) is 6.61. The fourth-order valence-electron chi connectivity index (χ4n) is 2.98. The Morgan fingerprint density at radius 3 is 3.16 bits per heavy atom. The molecule has 19 heavy (non-hydrogen) atoms. The number of aromatic nitrogens is 2. The number of likely N-dealkylation sites (tertiary alicyclic amines) is 1. The van der Waals surface area contributed by atoms with E-state index in [2.05, 4.69) is 14.9 Å². The van der Waals surface area contributed by atoms with Gasteiger partial charge in [0.05, 0.1) is 11.3 Å². The molecule has 2 N–H and O–H groups in total. The van der Waals surface area contributed by atoms with Crippen LogP contribution in [0.15, 0.2) is 0 Å². The molecule has 1 aromatic rings. The van der Waals surface area contributed by atoms with Gasteiger partial charge in [-0.05, 0) is 37.8 Å². The third kappa shape index (κ3) is 2.26. The summed E-state index contributed by atoms with van der Waals surface area (Å²) in [7, 11) is 0. The van der Waals surface area contributed by atoms with Crippen LogP contribution in [0.2, 0.25) is 0 Å². The van der Waals surface area contributed by atoms with Gasteiger partial charge in [0.2, 0.25) is 0 Å². The van der Waals surface area contributed by atoms with Gasteiger partial charge in [-0.3, -0.25) is 4.79 Å². The van der Waals surface area contributed by atoms with Crippen LogP contribution in [-0.4, -0.2) is 57.3 Å². The van der Waals surface area contributed by atoms with Gasteiger partial charge in [-0.2, -0.15) is 0 Å². The Bertz CT molecular complexity index is 492. The number of amides is 1. The Hall–Kier alpha value is -1.05. The highest BCUT2D eigenvalue weighted by molar-refractivity contribution is 7.07. The first kappa shape index (κ1) is 13.0. The maximum absolute atomic E-state index is 12.4. The smallest absolute Gasteiger partial charge is 0.267 e. The normalized spacial score (nSPS) is 31.1. The molecule has 1 aromatic heterocycles. The summed E-state index contributed by atoms with van der Waals surface area (Å²) < 4.78 is 3.82. The maximum atomic E-state index is 12.4. The Balaban J connectivity index is 1.74. The molecule has 2 aliphatic rings. The molecule has 3 rings (SSSR count). The van der Waals surface area contributed by atoms with Crippen LogP contribution in [0, 0.1) is 12.8 Å². The number of carbonyl (C=O) groups is 1. The summed E-state index contributed by atoms with van der Waals surface area (Å²) in [5.74, 6) is 0.125. The van der Waals surface area contributed by atoms with E-state index >= 15 is 0 Å². The monoisotopic (exact) mass is 282 g/mol. The van der Waals surface area contributed by atoms with Crippen molar-refractivity contribution >= 4 is 17.4 Å². The molecule has 2 atom stereocenters. The van der Waals surface area contributed by atoms with E-state index in [0.29, 0.717) is 30.1 Å². The van der Waals surface area contributed by atoms with Gasteiger partial charge >= 0.3 is 0 Å². The van der Waals surface area contributed by atoms with Gasteiger partial charge in [0.25, 0.3) is 5.91 Å². The van der Waals surface area contributed by atoms with Gasteiger partial charge in [-0.1, -0.05) is 4.49 Å². The van der Waals surface area contributed by atoms with Gasteiger partial charge in [-0.15, -0.1) is 5.10 Å². The van der Waals surface area contributed by atoms with E-state index in [0.717, 1.165) is 31.0 Å². The molecule has 104 valence electrons. The van der Waals surface area contributed by atoms with Crippen molar-refractivity contribution in [1.29, 1.82) is 0 Å². The molecule has 0 aromatic carbocycles. The Morgan fingerprint density at radius 2 is 2.42 bits per heavy atom. The minimum atomic E-state index is -0.594. The Kier molecular flexibility index (Phi) is 3.28. The van der Waals surface area contributed by atoms with Crippen molar-refractivity contribution in [1.82, 2.24) is 19.8 Å². The number of piperidine rings is 2. The summed E-state index contributed by atoms with van der Waals surface area (Å²) >= 11 is 1.15. The predicted octanol–water partition coefficient (Wildman–Crippen LogP) is 0.0330. The summed E-state index contributed by atoms with van der Waals surface area (Å²) in [4.78, 5) is 14.9. The molecular formula is C12H18N4O2S. The fourth-order valence-corrected chi connectivity index (χ4v) is 3.61. The molecule has 6 nitrogen and oxygen atoms in total. The first-order chi connectivity index (χ1) is 9.10. The van der Waals surface area contributed by atoms with Crippen LogP contribution in [-0.2, 0) is 0 Å². The Morgan fingerprint density at radius 1 is 1.58 bits per heavy atom. The maximum Gasteiger partial charge on any atom is 0.267 e. The molecule has 0 saturated carbocycles. The van der Waals surface area contributed by atoms with Gasteiger partial charge in [0.1, 0.15) is 4.88 Å². The number of aryl methyl sites for hydroxylation is 1. The van der Waals surface area contributed by atoms with Crippen LogP contribution in [0.1, 0.15) is 28.2 Å². The minimum absolute atomic E-state index is 0.000114. The Labute approximate surface area is 116 Å². The number of aliphatic hydroxyl groups is 1. The van der Waals surface area contributed by atoms with Crippen LogP contribution >= 0.6 is 11.5 Å². The van der Waals surface area contributed by atoms with Crippen LogP contribution < -0.4 is 5.32 Å². The lowest BCUT2D eigenvalue weighted by atomic mass is 9.76. The van der Waals surface area contributed by atoms with Crippen molar-refractivity contribution in [3.8, 4) is 0 Å². The average molecular weight is 282 g/mol. The van der Waals surface area contributed by atoms with E-state index < -0.39 is 5.60 Å². The van der Waals surface area contributed by atoms with E-state index in [-0.39, 0.29) is 11.8 Å². The van der Waals surface area contributed by atoms with Crippen LogP contribution in [0.3, 0.4) is 0 Å². The third-order valence-electron chi connectivity index (χ3n) is 4.27. The predicted molar refractivity (Wildman–Crippen MR) is 71.1 cm³/mol. The highest BCUT2D eigenvalue weighted by Gasteiger charge is 2.44. The van der Waals surface area contributed by atoms with Gasteiger partial charge < -0.3 is 15.3 Å². The second-order valence-corrected chi connectivity index (χ2v) is 6.20. The van der Waals surface area contributed by atoms with Gasteiger partial charge in [-0.25, -0.2) is 0 Å². The number of fused-ring (bicyclic) bond motifs is 1. The number of hydrogen-bond donors (Lipinski definition) is 2. The second-order valence-electron chi connectivity index (χ2n) is 5.44. The van der Waals surface area contributed by atoms with Crippen molar-refractivity contribution in [2.45, 2.75) is 25.4 Å². The lowest BCUT2D eigenvalue weighted by Crippen LogP contribution is -2.59. The van der Waals surface area contributed by atoms with Crippen molar-refractivity contribution in [2.24, 2.45) is 5.92 Å². The zero-order chi connectivity index (χ0) is 13.5. The van der Waals surface area contributed by atoms with Crippen molar-refractivity contribution in [3.05, 3.63) is 10.6 Å². The molecule has 7 heteroatoms.